The predicted molar refractivity (Wildman–Crippen MR) is 88.4 cm³/mol. The zero-order valence-electron chi connectivity index (χ0n) is 12.7. The van der Waals surface area contributed by atoms with Crippen molar-refractivity contribution < 1.29 is 8.98 Å². The molecule has 3 heterocycles. The summed E-state index contributed by atoms with van der Waals surface area (Å²) in [5.41, 5.74) is 4.44. The lowest BCUT2D eigenvalue weighted by Gasteiger charge is -2.04. The van der Waals surface area contributed by atoms with Crippen LogP contribution in [0.4, 0.5) is 0 Å². The van der Waals surface area contributed by atoms with Crippen molar-refractivity contribution >= 4 is 22.1 Å². The quantitative estimate of drug-likeness (QED) is 0.446. The number of nitrogens with zero attached hydrogens (tertiary/aromatic N) is 2. The summed E-state index contributed by atoms with van der Waals surface area (Å²) in [7, 11) is 0. The minimum atomic E-state index is -0.0540. The van der Waals surface area contributed by atoms with Crippen molar-refractivity contribution in [1.82, 2.24) is 4.57 Å². The molecule has 1 aliphatic heterocycles. The smallest absolute Gasteiger partial charge is 0.381 e. The van der Waals surface area contributed by atoms with E-state index < -0.39 is 0 Å². The first-order chi connectivity index (χ1) is 11.3. The van der Waals surface area contributed by atoms with Crippen molar-refractivity contribution in [3.63, 3.8) is 0 Å². The maximum atomic E-state index is 13.0. The first-order valence-electron chi connectivity index (χ1n) is 7.85. The number of aromatic nitrogens is 2. The lowest BCUT2D eigenvalue weighted by molar-refractivity contribution is -0.649. The Morgan fingerprint density at radius 3 is 2.78 bits per heavy atom. The molecule has 5 rings (SSSR count). The van der Waals surface area contributed by atoms with Crippen LogP contribution < -0.4 is 10.1 Å². The summed E-state index contributed by atoms with van der Waals surface area (Å²) in [6.45, 7) is 3.39. The van der Waals surface area contributed by atoms with E-state index in [9.17, 15) is 4.79 Å². The van der Waals surface area contributed by atoms with Gasteiger partial charge in [-0.2, -0.15) is 4.57 Å². The minimum absolute atomic E-state index is 0.0540. The zero-order chi connectivity index (χ0) is 15.6. The number of hydrogen-bond acceptors (Lipinski definition) is 2. The second-order valence-corrected chi connectivity index (χ2v) is 5.89. The van der Waals surface area contributed by atoms with Crippen LogP contribution in [-0.2, 0) is 13.1 Å². The Kier molecular flexibility index (Phi) is 2.37. The van der Waals surface area contributed by atoms with Gasteiger partial charge in [0, 0.05) is 5.56 Å². The van der Waals surface area contributed by atoms with Crippen LogP contribution in [0.3, 0.4) is 0 Å². The molecule has 0 fully saturated rings. The molecular weight excluding hydrogens is 288 g/mol. The van der Waals surface area contributed by atoms with Crippen LogP contribution in [-0.4, -0.2) is 4.57 Å². The van der Waals surface area contributed by atoms with Crippen molar-refractivity contribution in [3.8, 4) is 11.4 Å². The van der Waals surface area contributed by atoms with Crippen molar-refractivity contribution in [2.45, 2.75) is 20.0 Å². The topological polar surface area (TPSA) is 39.0 Å². The fourth-order valence-electron chi connectivity index (χ4n) is 3.70. The van der Waals surface area contributed by atoms with Gasteiger partial charge in [0.2, 0.25) is 0 Å². The van der Waals surface area contributed by atoms with Crippen LogP contribution in [0.2, 0.25) is 0 Å². The Morgan fingerprint density at radius 2 is 1.91 bits per heavy atom. The highest BCUT2D eigenvalue weighted by Crippen LogP contribution is 2.31. The standard InChI is InChI=1S/C19H15N2O2/c1-2-20-18-13-8-4-3-7-12(13)11-21(18)16-14-9-5-6-10-15(14)23-17(16)19(20)22/h3-10H,2,11H2,1H3/q+1. The van der Waals surface area contributed by atoms with E-state index in [1.807, 2.05) is 47.9 Å². The van der Waals surface area contributed by atoms with Gasteiger partial charge in [0.15, 0.2) is 5.52 Å². The Morgan fingerprint density at radius 1 is 1.13 bits per heavy atom. The van der Waals surface area contributed by atoms with E-state index in [0.717, 1.165) is 34.4 Å². The van der Waals surface area contributed by atoms with E-state index in [-0.39, 0.29) is 5.56 Å². The van der Waals surface area contributed by atoms with Crippen molar-refractivity contribution in [2.75, 3.05) is 0 Å². The third-order valence-corrected chi connectivity index (χ3v) is 4.69. The number of furan rings is 1. The lowest BCUT2D eigenvalue weighted by atomic mass is 10.1. The van der Waals surface area contributed by atoms with E-state index in [2.05, 4.69) is 16.7 Å². The summed E-state index contributed by atoms with van der Waals surface area (Å²) in [5, 5.41) is 0.997. The SMILES string of the molecule is CCn1c2[n+](c3c(oc4ccccc43)c1=O)Cc1ccccc1-2. The number of fused-ring (bicyclic) bond motifs is 7. The Bertz CT molecular complexity index is 1150. The van der Waals surface area contributed by atoms with Crippen molar-refractivity contribution in [1.29, 1.82) is 0 Å². The van der Waals surface area contributed by atoms with Gasteiger partial charge in [-0.25, -0.2) is 9.36 Å². The highest BCUT2D eigenvalue weighted by atomic mass is 16.3. The highest BCUT2D eigenvalue weighted by Gasteiger charge is 2.34. The summed E-state index contributed by atoms with van der Waals surface area (Å²) in [5.74, 6) is 0.979. The first kappa shape index (κ1) is 12.6. The average Bonchev–Trinajstić information content (AvgIpc) is 3.14. The Hall–Kier alpha value is -2.88. The van der Waals surface area contributed by atoms with E-state index in [0.29, 0.717) is 12.1 Å². The molecule has 0 radical (unpaired) electrons. The summed E-state index contributed by atoms with van der Waals surface area (Å²) in [4.78, 5) is 13.0. The Labute approximate surface area is 132 Å². The van der Waals surface area contributed by atoms with Gasteiger partial charge in [0.25, 0.3) is 11.4 Å². The molecule has 4 heteroatoms. The molecule has 0 saturated carbocycles. The zero-order valence-corrected chi connectivity index (χ0v) is 12.7. The number of para-hydroxylation sites is 1. The summed E-state index contributed by atoms with van der Waals surface area (Å²) < 4.78 is 9.93. The fraction of sp³-hybridized carbons (Fsp3) is 0.158. The number of benzene rings is 2. The van der Waals surface area contributed by atoms with Gasteiger partial charge in [0.1, 0.15) is 12.1 Å². The van der Waals surface area contributed by atoms with Crippen LogP contribution in [0.25, 0.3) is 33.5 Å². The minimum Gasteiger partial charge on any atom is -0.445 e. The third-order valence-electron chi connectivity index (χ3n) is 4.69. The largest absolute Gasteiger partial charge is 0.445 e. The van der Waals surface area contributed by atoms with E-state index in [4.69, 9.17) is 4.42 Å². The fourth-order valence-corrected chi connectivity index (χ4v) is 3.70. The van der Waals surface area contributed by atoms with Gasteiger partial charge >= 0.3 is 5.56 Å². The third kappa shape index (κ3) is 1.50. The van der Waals surface area contributed by atoms with Gasteiger partial charge < -0.3 is 4.42 Å². The first-order valence-corrected chi connectivity index (χ1v) is 7.85. The molecule has 0 unspecified atom stereocenters. The van der Waals surface area contributed by atoms with Crippen LogP contribution >= 0.6 is 0 Å². The molecule has 112 valence electrons. The molecule has 2 aromatic heterocycles. The number of hydrogen-bond donors (Lipinski definition) is 0. The Balaban J connectivity index is 2.06. The number of rotatable bonds is 1. The van der Waals surface area contributed by atoms with Crippen molar-refractivity contribution in [3.05, 3.63) is 64.4 Å². The molecule has 0 bridgehead atoms. The van der Waals surface area contributed by atoms with Gasteiger partial charge in [-0.3, -0.25) is 0 Å². The van der Waals surface area contributed by atoms with Crippen LogP contribution in [0.5, 0.6) is 0 Å². The summed E-state index contributed by atoms with van der Waals surface area (Å²) >= 11 is 0. The molecular formula is C19H15N2O2+. The normalized spacial score (nSPS) is 12.7. The lowest BCUT2D eigenvalue weighted by Crippen LogP contribution is -2.40. The van der Waals surface area contributed by atoms with E-state index >= 15 is 0 Å². The predicted octanol–water partition coefficient (Wildman–Crippen LogP) is 3.08. The molecule has 4 nitrogen and oxygen atoms in total. The monoisotopic (exact) mass is 303 g/mol. The second kappa shape index (κ2) is 4.32. The molecule has 2 aromatic carbocycles. The van der Waals surface area contributed by atoms with Crippen molar-refractivity contribution in [2.24, 2.45) is 0 Å². The molecule has 23 heavy (non-hydrogen) atoms. The molecule has 0 aliphatic carbocycles. The second-order valence-electron chi connectivity index (χ2n) is 5.89. The maximum absolute atomic E-state index is 13.0. The van der Waals surface area contributed by atoms with Crippen LogP contribution in [0.1, 0.15) is 12.5 Å². The van der Waals surface area contributed by atoms with Gasteiger partial charge in [0.05, 0.1) is 17.5 Å². The van der Waals surface area contributed by atoms with E-state index in [1.54, 1.807) is 0 Å². The van der Waals surface area contributed by atoms with Gasteiger partial charge in [-0.1, -0.05) is 30.3 Å². The van der Waals surface area contributed by atoms with Crippen LogP contribution in [0, 0.1) is 0 Å². The average molecular weight is 303 g/mol. The molecule has 4 aromatic rings. The molecule has 0 N–H and O–H groups in total. The van der Waals surface area contributed by atoms with E-state index in [1.165, 1.54) is 5.56 Å². The molecule has 0 spiro atoms. The molecule has 1 aliphatic rings. The highest BCUT2D eigenvalue weighted by molar-refractivity contribution is 6.00. The summed E-state index contributed by atoms with van der Waals surface area (Å²) in [6.07, 6.45) is 0. The molecule has 0 amide bonds. The van der Waals surface area contributed by atoms with Gasteiger partial charge in [-0.05, 0) is 25.1 Å². The molecule has 0 atom stereocenters. The van der Waals surface area contributed by atoms with Gasteiger partial charge in [-0.15, -0.1) is 0 Å². The van der Waals surface area contributed by atoms with Crippen LogP contribution in [0.15, 0.2) is 57.7 Å². The summed E-state index contributed by atoms with van der Waals surface area (Å²) in [6, 6.07) is 16.1. The maximum Gasteiger partial charge on any atom is 0.381 e. The molecule has 0 saturated heterocycles.